The van der Waals surface area contributed by atoms with Gasteiger partial charge in [-0.15, -0.1) is 0 Å². The molecule has 0 saturated heterocycles. The normalized spacial score (nSPS) is 12.3. The lowest BCUT2D eigenvalue weighted by Crippen LogP contribution is -2.08. The van der Waals surface area contributed by atoms with Gasteiger partial charge in [-0.05, 0) is 19.9 Å². The van der Waals surface area contributed by atoms with Gasteiger partial charge < -0.3 is 10.1 Å². The van der Waals surface area contributed by atoms with Crippen LogP contribution in [0.1, 0.15) is 17.0 Å². The number of halogens is 3. The van der Waals surface area contributed by atoms with Gasteiger partial charge in [0.25, 0.3) is 0 Å². The van der Waals surface area contributed by atoms with Gasteiger partial charge in [-0.1, -0.05) is 0 Å². The fourth-order valence-electron chi connectivity index (χ4n) is 1.55. The summed E-state index contributed by atoms with van der Waals surface area (Å²) in [7, 11) is 0. The third-order valence-corrected chi connectivity index (χ3v) is 2.55. The molecule has 0 spiro atoms. The number of hydrogen-bond acceptors (Lipinski definition) is 2. The Morgan fingerprint density at radius 3 is 2.50 bits per heavy atom. The number of nitrogen functional groups attached to an aromatic ring is 1. The molecule has 0 amide bonds. The molecule has 0 saturated carbocycles. The van der Waals surface area contributed by atoms with Crippen LogP contribution in [0.25, 0.3) is 5.65 Å². The van der Waals surface area contributed by atoms with Gasteiger partial charge in [0.05, 0.1) is 16.9 Å². The van der Waals surface area contributed by atoms with Crippen LogP contribution in [0.15, 0.2) is 12.3 Å². The maximum Gasteiger partial charge on any atom is 0.417 e. The molecule has 6 heteroatoms. The third kappa shape index (κ3) is 1.50. The number of aryl methyl sites for hydroxylation is 2. The standard InChI is InChI=1S/C10H10F3N3/c1-5-6(2)16-4-7(10(11,12)13)3-8(14)9(16)15-5/h3-4H,14H2,1-2H3. The van der Waals surface area contributed by atoms with Gasteiger partial charge in [0.1, 0.15) is 0 Å². The van der Waals surface area contributed by atoms with Crippen molar-refractivity contribution in [1.82, 2.24) is 9.38 Å². The predicted molar refractivity (Wildman–Crippen MR) is 54.1 cm³/mol. The molecule has 2 rings (SSSR count). The van der Waals surface area contributed by atoms with E-state index in [-0.39, 0.29) is 5.69 Å². The number of hydrogen-bond donors (Lipinski definition) is 1. The molecule has 0 aliphatic carbocycles. The zero-order valence-electron chi connectivity index (χ0n) is 8.76. The highest BCUT2D eigenvalue weighted by molar-refractivity contribution is 5.67. The highest BCUT2D eigenvalue weighted by Crippen LogP contribution is 2.32. The van der Waals surface area contributed by atoms with Crippen molar-refractivity contribution in [3.05, 3.63) is 29.2 Å². The number of nitrogens with zero attached hydrogens (tertiary/aromatic N) is 2. The number of alkyl halides is 3. The summed E-state index contributed by atoms with van der Waals surface area (Å²) in [6, 6.07) is 0.904. The summed E-state index contributed by atoms with van der Waals surface area (Å²) < 4.78 is 39.0. The molecule has 2 heterocycles. The second-order valence-electron chi connectivity index (χ2n) is 3.66. The largest absolute Gasteiger partial charge is 0.417 e. The number of rotatable bonds is 0. The molecule has 0 unspecified atom stereocenters. The molecule has 0 aromatic carbocycles. The lowest BCUT2D eigenvalue weighted by molar-refractivity contribution is -0.137. The summed E-state index contributed by atoms with van der Waals surface area (Å²) in [5, 5.41) is 0. The number of anilines is 1. The van der Waals surface area contributed by atoms with Crippen LogP contribution in [0.4, 0.5) is 18.9 Å². The Balaban J connectivity index is 2.80. The highest BCUT2D eigenvalue weighted by atomic mass is 19.4. The van der Waals surface area contributed by atoms with E-state index in [1.165, 1.54) is 4.40 Å². The maximum absolute atomic E-state index is 12.5. The number of imidazole rings is 1. The van der Waals surface area contributed by atoms with E-state index in [2.05, 4.69) is 4.98 Å². The molecule has 2 aromatic heterocycles. The first-order chi connectivity index (χ1) is 7.30. The Labute approximate surface area is 89.7 Å². The van der Waals surface area contributed by atoms with Crippen molar-refractivity contribution in [1.29, 1.82) is 0 Å². The van der Waals surface area contributed by atoms with Crippen LogP contribution >= 0.6 is 0 Å². The third-order valence-electron chi connectivity index (χ3n) is 2.55. The van der Waals surface area contributed by atoms with E-state index in [1.54, 1.807) is 13.8 Å². The summed E-state index contributed by atoms with van der Waals surface area (Å²) in [6.45, 7) is 3.43. The van der Waals surface area contributed by atoms with Crippen LogP contribution in [0.5, 0.6) is 0 Å². The van der Waals surface area contributed by atoms with Crippen LogP contribution < -0.4 is 5.73 Å². The molecule has 86 valence electrons. The van der Waals surface area contributed by atoms with Crippen molar-refractivity contribution >= 4 is 11.3 Å². The van der Waals surface area contributed by atoms with Gasteiger partial charge in [0, 0.05) is 11.9 Å². The van der Waals surface area contributed by atoms with Gasteiger partial charge in [-0.3, -0.25) is 0 Å². The van der Waals surface area contributed by atoms with Crippen molar-refractivity contribution in [2.24, 2.45) is 0 Å². The average Bonchev–Trinajstić information content (AvgIpc) is 2.44. The molecular weight excluding hydrogens is 219 g/mol. The van der Waals surface area contributed by atoms with Gasteiger partial charge >= 0.3 is 6.18 Å². The SMILES string of the molecule is Cc1nc2c(N)cc(C(F)(F)F)cn2c1C. The Bertz CT molecular complexity index is 554. The fourth-order valence-corrected chi connectivity index (χ4v) is 1.55. The molecule has 0 fully saturated rings. The molecule has 3 nitrogen and oxygen atoms in total. The topological polar surface area (TPSA) is 43.3 Å². The zero-order chi connectivity index (χ0) is 12.1. The highest BCUT2D eigenvalue weighted by Gasteiger charge is 2.32. The average molecular weight is 229 g/mol. The van der Waals surface area contributed by atoms with Crippen LogP contribution in [0, 0.1) is 13.8 Å². The number of pyridine rings is 1. The van der Waals surface area contributed by atoms with E-state index >= 15 is 0 Å². The minimum absolute atomic E-state index is 0.0334. The molecule has 0 radical (unpaired) electrons. The van der Waals surface area contributed by atoms with E-state index in [0.717, 1.165) is 12.3 Å². The van der Waals surface area contributed by atoms with Crippen molar-refractivity contribution in [3.8, 4) is 0 Å². The summed E-state index contributed by atoms with van der Waals surface area (Å²) in [4.78, 5) is 4.11. The van der Waals surface area contributed by atoms with E-state index in [4.69, 9.17) is 5.73 Å². The van der Waals surface area contributed by atoms with Gasteiger partial charge in [0.2, 0.25) is 0 Å². The lowest BCUT2D eigenvalue weighted by Gasteiger charge is -2.09. The zero-order valence-corrected chi connectivity index (χ0v) is 8.76. The van der Waals surface area contributed by atoms with Crippen molar-refractivity contribution in [3.63, 3.8) is 0 Å². The van der Waals surface area contributed by atoms with E-state index in [1.807, 2.05) is 0 Å². The monoisotopic (exact) mass is 229 g/mol. The second kappa shape index (κ2) is 3.13. The van der Waals surface area contributed by atoms with Crippen LogP contribution in [-0.4, -0.2) is 9.38 Å². The first-order valence-electron chi connectivity index (χ1n) is 4.62. The van der Waals surface area contributed by atoms with Crippen LogP contribution in [-0.2, 0) is 6.18 Å². The maximum atomic E-state index is 12.5. The first kappa shape index (κ1) is 10.8. The molecular formula is C10H10F3N3. The Morgan fingerprint density at radius 2 is 1.94 bits per heavy atom. The quantitative estimate of drug-likeness (QED) is 0.754. The molecule has 16 heavy (non-hydrogen) atoms. The van der Waals surface area contributed by atoms with E-state index in [0.29, 0.717) is 17.0 Å². The molecule has 0 atom stereocenters. The van der Waals surface area contributed by atoms with Crippen LogP contribution in [0.3, 0.4) is 0 Å². The van der Waals surface area contributed by atoms with E-state index < -0.39 is 11.7 Å². The summed E-state index contributed by atoms with van der Waals surface area (Å²) >= 11 is 0. The van der Waals surface area contributed by atoms with Gasteiger partial charge in [-0.2, -0.15) is 13.2 Å². The lowest BCUT2D eigenvalue weighted by atomic mass is 10.2. The minimum atomic E-state index is -4.40. The summed E-state index contributed by atoms with van der Waals surface area (Å²) in [5.41, 5.74) is 6.52. The minimum Gasteiger partial charge on any atom is -0.396 e. The first-order valence-corrected chi connectivity index (χ1v) is 4.62. The summed E-state index contributed by atoms with van der Waals surface area (Å²) in [5.74, 6) is 0. The number of nitrogens with two attached hydrogens (primary N) is 1. The fraction of sp³-hybridized carbons (Fsp3) is 0.300. The molecule has 2 aromatic rings. The molecule has 2 N–H and O–H groups in total. The van der Waals surface area contributed by atoms with Gasteiger partial charge in [-0.25, -0.2) is 4.98 Å². The van der Waals surface area contributed by atoms with E-state index in [9.17, 15) is 13.2 Å². The van der Waals surface area contributed by atoms with Crippen molar-refractivity contribution < 1.29 is 13.2 Å². The van der Waals surface area contributed by atoms with Crippen molar-refractivity contribution in [2.45, 2.75) is 20.0 Å². The smallest absolute Gasteiger partial charge is 0.396 e. The Morgan fingerprint density at radius 1 is 1.31 bits per heavy atom. The van der Waals surface area contributed by atoms with Crippen LogP contribution in [0.2, 0.25) is 0 Å². The van der Waals surface area contributed by atoms with Gasteiger partial charge in [0.15, 0.2) is 5.65 Å². The Hall–Kier alpha value is -1.72. The predicted octanol–water partition coefficient (Wildman–Crippen LogP) is 2.55. The Kier molecular flexibility index (Phi) is 2.11. The number of aromatic nitrogens is 2. The molecule has 0 aliphatic rings. The number of fused-ring (bicyclic) bond motifs is 1. The second-order valence-corrected chi connectivity index (χ2v) is 3.66. The van der Waals surface area contributed by atoms with Crippen molar-refractivity contribution in [2.75, 3.05) is 5.73 Å². The molecule has 0 aliphatic heterocycles. The summed E-state index contributed by atoms with van der Waals surface area (Å²) in [6.07, 6.45) is -3.38. The molecule has 0 bridgehead atoms.